The molecule has 3 aromatic rings. The number of para-hydroxylation sites is 1. The molecular formula is C15H11BrN3S-. The van der Waals surface area contributed by atoms with Gasteiger partial charge in [-0.25, -0.2) is 4.98 Å². The Labute approximate surface area is 131 Å². The molecule has 0 aliphatic rings. The minimum absolute atomic E-state index is 0. The van der Waals surface area contributed by atoms with E-state index in [-0.39, 0.29) is 17.0 Å². The predicted molar refractivity (Wildman–Crippen MR) is 78.1 cm³/mol. The molecule has 0 saturated heterocycles. The maximum absolute atomic E-state index is 9.04. The van der Waals surface area contributed by atoms with Gasteiger partial charge in [-0.1, -0.05) is 41.7 Å². The third kappa shape index (κ3) is 2.98. The maximum Gasteiger partial charge on any atom is 0.184 e. The summed E-state index contributed by atoms with van der Waals surface area (Å²) < 4.78 is 1.17. The average Bonchev–Trinajstić information content (AvgIpc) is 2.88. The minimum Gasteiger partial charge on any atom is -1.00 e. The molecular weight excluding hydrogens is 334 g/mol. The summed E-state index contributed by atoms with van der Waals surface area (Å²) in [5, 5.41) is 13.2. The number of nitriles is 1. The molecule has 3 rings (SSSR count). The van der Waals surface area contributed by atoms with E-state index in [9.17, 15) is 0 Å². The number of nitrogens with one attached hydrogen (secondary N) is 1. The Balaban J connectivity index is 0.00000147. The van der Waals surface area contributed by atoms with Crippen molar-refractivity contribution in [2.24, 2.45) is 0 Å². The van der Waals surface area contributed by atoms with Crippen molar-refractivity contribution in [2.45, 2.75) is 6.54 Å². The molecule has 100 valence electrons. The first kappa shape index (κ1) is 14.5. The van der Waals surface area contributed by atoms with E-state index >= 15 is 0 Å². The number of thiazole rings is 1. The summed E-state index contributed by atoms with van der Waals surface area (Å²) in [5.41, 5.74) is 2.70. The summed E-state index contributed by atoms with van der Waals surface area (Å²) in [6.07, 6.45) is 0. The van der Waals surface area contributed by atoms with Crippen molar-refractivity contribution in [1.82, 2.24) is 4.98 Å². The van der Waals surface area contributed by atoms with Gasteiger partial charge >= 0.3 is 0 Å². The van der Waals surface area contributed by atoms with Crippen LogP contribution in [0.25, 0.3) is 10.2 Å². The molecule has 0 aliphatic carbocycles. The van der Waals surface area contributed by atoms with Crippen LogP contribution in [0.15, 0.2) is 48.5 Å². The Kier molecular flexibility index (Phi) is 4.72. The molecule has 0 amide bonds. The molecule has 0 fully saturated rings. The minimum atomic E-state index is 0. The van der Waals surface area contributed by atoms with Crippen LogP contribution >= 0.6 is 11.3 Å². The van der Waals surface area contributed by atoms with Crippen LogP contribution in [-0.4, -0.2) is 4.98 Å². The van der Waals surface area contributed by atoms with Gasteiger partial charge in [0.25, 0.3) is 0 Å². The van der Waals surface area contributed by atoms with E-state index in [0.29, 0.717) is 12.1 Å². The SMILES string of the molecule is N#Cc1ccccc1CNc1nc2ccccc2s1.[Br-]. The Morgan fingerprint density at radius 2 is 1.85 bits per heavy atom. The number of benzene rings is 2. The van der Waals surface area contributed by atoms with Crippen molar-refractivity contribution >= 4 is 26.7 Å². The summed E-state index contributed by atoms with van der Waals surface area (Å²) >= 11 is 1.62. The van der Waals surface area contributed by atoms with Gasteiger partial charge < -0.3 is 22.3 Å². The number of hydrogen-bond acceptors (Lipinski definition) is 4. The zero-order valence-corrected chi connectivity index (χ0v) is 12.9. The normalized spacial score (nSPS) is 9.75. The van der Waals surface area contributed by atoms with Gasteiger partial charge in [0.1, 0.15) is 0 Å². The zero-order valence-electron chi connectivity index (χ0n) is 10.5. The van der Waals surface area contributed by atoms with E-state index in [0.717, 1.165) is 16.2 Å². The fraction of sp³-hybridized carbons (Fsp3) is 0.0667. The van der Waals surface area contributed by atoms with Crippen LogP contribution in [0.3, 0.4) is 0 Å². The smallest absolute Gasteiger partial charge is 0.184 e. The number of hydrogen-bond donors (Lipinski definition) is 1. The number of anilines is 1. The quantitative estimate of drug-likeness (QED) is 0.764. The van der Waals surface area contributed by atoms with E-state index in [1.807, 2.05) is 42.5 Å². The fourth-order valence-corrected chi connectivity index (χ4v) is 2.76. The first-order valence-electron chi connectivity index (χ1n) is 5.94. The molecule has 0 aliphatic heterocycles. The summed E-state index contributed by atoms with van der Waals surface area (Å²) in [7, 11) is 0. The number of aromatic nitrogens is 1. The number of halogens is 1. The highest BCUT2D eigenvalue weighted by Crippen LogP contribution is 2.25. The van der Waals surface area contributed by atoms with E-state index < -0.39 is 0 Å². The summed E-state index contributed by atoms with van der Waals surface area (Å²) in [6.45, 7) is 0.615. The molecule has 0 atom stereocenters. The highest BCUT2D eigenvalue weighted by molar-refractivity contribution is 7.22. The molecule has 1 aromatic heterocycles. The van der Waals surface area contributed by atoms with Gasteiger partial charge in [0.2, 0.25) is 0 Å². The van der Waals surface area contributed by atoms with E-state index in [1.54, 1.807) is 11.3 Å². The highest BCUT2D eigenvalue weighted by Gasteiger charge is 2.04. The standard InChI is InChI=1S/C15H11N3S.BrH/c16-9-11-5-1-2-6-12(11)10-17-15-18-13-7-3-4-8-14(13)19-15;/h1-8H,10H2,(H,17,18);1H/p-1. The van der Waals surface area contributed by atoms with Crippen molar-refractivity contribution in [2.75, 3.05) is 5.32 Å². The van der Waals surface area contributed by atoms with Gasteiger partial charge in [-0.3, -0.25) is 0 Å². The van der Waals surface area contributed by atoms with Gasteiger partial charge in [-0.05, 0) is 23.8 Å². The Bertz CT molecular complexity index is 728. The topological polar surface area (TPSA) is 48.7 Å². The molecule has 3 nitrogen and oxygen atoms in total. The van der Waals surface area contributed by atoms with Gasteiger partial charge in [0.05, 0.1) is 21.8 Å². The largest absolute Gasteiger partial charge is 1.00 e. The summed E-state index contributed by atoms with van der Waals surface area (Å²) in [6, 6.07) is 17.9. The average molecular weight is 345 g/mol. The van der Waals surface area contributed by atoms with Gasteiger partial charge in [-0.2, -0.15) is 5.26 Å². The molecule has 0 unspecified atom stereocenters. The first-order valence-corrected chi connectivity index (χ1v) is 6.76. The lowest BCUT2D eigenvalue weighted by Crippen LogP contribution is -3.00. The molecule has 1 heterocycles. The van der Waals surface area contributed by atoms with E-state index in [4.69, 9.17) is 5.26 Å². The summed E-state index contributed by atoms with van der Waals surface area (Å²) in [4.78, 5) is 4.51. The zero-order chi connectivity index (χ0) is 13.1. The van der Waals surface area contributed by atoms with Crippen LogP contribution in [0, 0.1) is 11.3 Å². The van der Waals surface area contributed by atoms with Crippen LogP contribution in [0.1, 0.15) is 11.1 Å². The molecule has 0 bridgehead atoms. The lowest BCUT2D eigenvalue weighted by atomic mass is 10.1. The van der Waals surface area contributed by atoms with Crippen LogP contribution in [0.2, 0.25) is 0 Å². The van der Waals surface area contributed by atoms with Crippen molar-refractivity contribution in [3.63, 3.8) is 0 Å². The number of rotatable bonds is 3. The van der Waals surface area contributed by atoms with Crippen LogP contribution < -0.4 is 22.3 Å². The van der Waals surface area contributed by atoms with E-state index in [1.165, 1.54) is 4.70 Å². The fourth-order valence-electron chi connectivity index (χ4n) is 1.90. The molecule has 20 heavy (non-hydrogen) atoms. The van der Waals surface area contributed by atoms with Crippen molar-refractivity contribution in [3.8, 4) is 6.07 Å². The monoisotopic (exact) mass is 344 g/mol. The van der Waals surface area contributed by atoms with Gasteiger partial charge in [-0.15, -0.1) is 0 Å². The Morgan fingerprint density at radius 3 is 2.65 bits per heavy atom. The molecule has 2 aromatic carbocycles. The van der Waals surface area contributed by atoms with Crippen LogP contribution in [-0.2, 0) is 6.54 Å². The van der Waals surface area contributed by atoms with Gasteiger partial charge in [0, 0.05) is 6.54 Å². The second-order valence-corrected chi connectivity index (χ2v) is 5.14. The number of nitrogens with zero attached hydrogens (tertiary/aromatic N) is 2. The Hall–Kier alpha value is -1.90. The van der Waals surface area contributed by atoms with E-state index in [2.05, 4.69) is 22.4 Å². The second-order valence-electron chi connectivity index (χ2n) is 4.11. The highest BCUT2D eigenvalue weighted by atomic mass is 79.9. The van der Waals surface area contributed by atoms with Crippen molar-refractivity contribution in [1.29, 1.82) is 5.26 Å². The third-order valence-electron chi connectivity index (χ3n) is 2.86. The molecule has 1 N–H and O–H groups in total. The van der Waals surface area contributed by atoms with Crippen molar-refractivity contribution in [3.05, 3.63) is 59.7 Å². The lowest BCUT2D eigenvalue weighted by molar-refractivity contribution is -0.00000393. The molecule has 0 radical (unpaired) electrons. The van der Waals surface area contributed by atoms with Crippen molar-refractivity contribution < 1.29 is 17.0 Å². The van der Waals surface area contributed by atoms with Crippen LogP contribution in [0.4, 0.5) is 5.13 Å². The summed E-state index contributed by atoms with van der Waals surface area (Å²) in [5.74, 6) is 0. The van der Waals surface area contributed by atoms with Gasteiger partial charge in [0.15, 0.2) is 5.13 Å². The lowest BCUT2D eigenvalue weighted by Gasteiger charge is -2.04. The maximum atomic E-state index is 9.04. The molecule has 5 heteroatoms. The molecule has 0 saturated carbocycles. The Morgan fingerprint density at radius 1 is 1.10 bits per heavy atom. The number of fused-ring (bicyclic) bond motifs is 1. The predicted octanol–water partition coefficient (Wildman–Crippen LogP) is 0.784. The third-order valence-corrected chi connectivity index (χ3v) is 3.86. The first-order chi connectivity index (χ1) is 9.36. The molecule has 0 spiro atoms. The second kappa shape index (κ2) is 6.51. The van der Waals surface area contributed by atoms with Crippen LogP contribution in [0.5, 0.6) is 0 Å².